The van der Waals surface area contributed by atoms with Crippen molar-refractivity contribution >= 4 is 11.8 Å². The Labute approximate surface area is 101 Å². The van der Waals surface area contributed by atoms with E-state index >= 15 is 0 Å². The van der Waals surface area contributed by atoms with Crippen molar-refractivity contribution in [3.05, 3.63) is 12.0 Å². The molecule has 0 amide bonds. The van der Waals surface area contributed by atoms with Crippen LogP contribution >= 0.6 is 0 Å². The maximum Gasteiger partial charge on any atom is 0.360 e. The van der Waals surface area contributed by atoms with Gasteiger partial charge in [0.05, 0.1) is 26.1 Å². The summed E-state index contributed by atoms with van der Waals surface area (Å²) < 4.78 is 11.5. The molecule has 0 aliphatic carbocycles. The van der Waals surface area contributed by atoms with Crippen molar-refractivity contribution in [1.82, 2.24) is 9.55 Å². The number of rotatable bonds is 5. The third kappa shape index (κ3) is 2.76. The minimum Gasteiger partial charge on any atom is -0.464 e. The Morgan fingerprint density at radius 1 is 1.53 bits per heavy atom. The van der Waals surface area contributed by atoms with Crippen LogP contribution in [0.2, 0.25) is 0 Å². The second-order valence-corrected chi connectivity index (χ2v) is 4.14. The molecule has 0 saturated carbocycles. The Hall–Kier alpha value is -1.56. The summed E-state index contributed by atoms with van der Waals surface area (Å²) in [6.07, 6.45) is 1.55. The SMILES string of the molecule is COCC(C(C)C)n1cnc(C(=O)OC)c1N. The lowest BCUT2D eigenvalue weighted by Crippen LogP contribution is -2.21. The summed E-state index contributed by atoms with van der Waals surface area (Å²) in [5.41, 5.74) is 6.04. The number of nitrogens with zero attached hydrogens (tertiary/aromatic N) is 2. The van der Waals surface area contributed by atoms with Crippen LogP contribution in [-0.2, 0) is 9.47 Å². The first-order valence-electron chi connectivity index (χ1n) is 5.42. The van der Waals surface area contributed by atoms with Gasteiger partial charge < -0.3 is 19.8 Å². The third-order valence-corrected chi connectivity index (χ3v) is 2.68. The van der Waals surface area contributed by atoms with Gasteiger partial charge in [-0.05, 0) is 5.92 Å². The Bertz CT molecular complexity index is 387. The predicted octanol–water partition coefficient (Wildman–Crippen LogP) is 1.10. The number of aromatic nitrogens is 2. The van der Waals surface area contributed by atoms with Crippen LogP contribution < -0.4 is 5.73 Å². The van der Waals surface area contributed by atoms with Crippen LogP contribution in [0.1, 0.15) is 30.4 Å². The zero-order chi connectivity index (χ0) is 13.0. The lowest BCUT2D eigenvalue weighted by atomic mass is 10.1. The van der Waals surface area contributed by atoms with E-state index in [0.29, 0.717) is 18.3 Å². The van der Waals surface area contributed by atoms with E-state index in [4.69, 9.17) is 10.5 Å². The Morgan fingerprint density at radius 3 is 2.65 bits per heavy atom. The van der Waals surface area contributed by atoms with E-state index < -0.39 is 5.97 Å². The van der Waals surface area contributed by atoms with Gasteiger partial charge in [0.25, 0.3) is 0 Å². The Kier molecular flexibility index (Phi) is 4.51. The summed E-state index contributed by atoms with van der Waals surface area (Å²) in [6, 6.07) is 0.0471. The van der Waals surface area contributed by atoms with Crippen molar-refractivity contribution in [2.75, 3.05) is 26.6 Å². The zero-order valence-electron chi connectivity index (χ0n) is 10.6. The van der Waals surface area contributed by atoms with E-state index in [0.717, 1.165) is 0 Å². The van der Waals surface area contributed by atoms with Gasteiger partial charge in [-0.1, -0.05) is 13.8 Å². The molecule has 0 bridgehead atoms. The molecule has 1 aromatic rings. The highest BCUT2D eigenvalue weighted by molar-refractivity contribution is 5.92. The highest BCUT2D eigenvalue weighted by Gasteiger charge is 2.22. The predicted molar refractivity (Wildman–Crippen MR) is 63.7 cm³/mol. The van der Waals surface area contributed by atoms with Crippen molar-refractivity contribution in [3.63, 3.8) is 0 Å². The standard InChI is InChI=1S/C11H19N3O3/c1-7(2)8(5-16-3)14-6-13-9(10(14)12)11(15)17-4/h6-8H,5,12H2,1-4H3. The van der Waals surface area contributed by atoms with E-state index in [-0.39, 0.29) is 11.7 Å². The van der Waals surface area contributed by atoms with Crippen LogP contribution in [0.3, 0.4) is 0 Å². The molecule has 6 heteroatoms. The number of anilines is 1. The normalized spacial score (nSPS) is 12.8. The van der Waals surface area contributed by atoms with E-state index in [2.05, 4.69) is 23.6 Å². The molecule has 1 atom stereocenters. The summed E-state index contributed by atoms with van der Waals surface area (Å²) in [4.78, 5) is 15.4. The van der Waals surface area contributed by atoms with Gasteiger partial charge in [0.2, 0.25) is 0 Å². The molecule has 1 heterocycles. The average Bonchev–Trinajstić information content (AvgIpc) is 2.66. The first kappa shape index (κ1) is 13.5. The van der Waals surface area contributed by atoms with Crippen molar-refractivity contribution in [2.45, 2.75) is 19.9 Å². The molecule has 1 unspecified atom stereocenters. The van der Waals surface area contributed by atoms with Gasteiger partial charge in [0.1, 0.15) is 5.82 Å². The first-order chi connectivity index (χ1) is 8.02. The van der Waals surface area contributed by atoms with Crippen LogP contribution in [0.5, 0.6) is 0 Å². The van der Waals surface area contributed by atoms with E-state index in [1.165, 1.54) is 7.11 Å². The average molecular weight is 241 g/mol. The summed E-state index contributed by atoms with van der Waals surface area (Å²) in [5.74, 6) is 0.103. The lowest BCUT2D eigenvalue weighted by molar-refractivity contribution is 0.0595. The first-order valence-corrected chi connectivity index (χ1v) is 5.42. The molecular formula is C11H19N3O3. The fraction of sp³-hybridized carbons (Fsp3) is 0.636. The van der Waals surface area contributed by atoms with Crippen LogP contribution in [-0.4, -0.2) is 36.3 Å². The minimum absolute atomic E-state index is 0.0471. The topological polar surface area (TPSA) is 79.4 Å². The number of carbonyl (C=O) groups is 1. The smallest absolute Gasteiger partial charge is 0.360 e. The molecule has 6 nitrogen and oxygen atoms in total. The molecule has 0 aliphatic heterocycles. The van der Waals surface area contributed by atoms with Crippen LogP contribution in [0.4, 0.5) is 5.82 Å². The fourth-order valence-electron chi connectivity index (χ4n) is 1.65. The molecular weight excluding hydrogens is 222 g/mol. The van der Waals surface area contributed by atoms with Crippen molar-refractivity contribution in [1.29, 1.82) is 0 Å². The minimum atomic E-state index is -0.527. The Balaban J connectivity index is 3.05. The molecule has 0 aromatic carbocycles. The highest BCUT2D eigenvalue weighted by atomic mass is 16.5. The fourth-order valence-corrected chi connectivity index (χ4v) is 1.65. The maximum absolute atomic E-state index is 11.4. The van der Waals surface area contributed by atoms with Gasteiger partial charge in [-0.15, -0.1) is 0 Å². The van der Waals surface area contributed by atoms with E-state index in [1.54, 1.807) is 18.0 Å². The molecule has 17 heavy (non-hydrogen) atoms. The molecule has 0 saturated heterocycles. The number of esters is 1. The molecule has 0 radical (unpaired) electrons. The largest absolute Gasteiger partial charge is 0.464 e. The van der Waals surface area contributed by atoms with Gasteiger partial charge in [0.15, 0.2) is 5.69 Å². The van der Waals surface area contributed by atoms with Gasteiger partial charge >= 0.3 is 5.97 Å². The number of imidazole rings is 1. The van der Waals surface area contributed by atoms with Crippen molar-refractivity contribution in [2.24, 2.45) is 5.92 Å². The number of nitrogens with two attached hydrogens (primary N) is 1. The number of hydrogen-bond donors (Lipinski definition) is 1. The number of methoxy groups -OCH3 is 2. The third-order valence-electron chi connectivity index (χ3n) is 2.68. The van der Waals surface area contributed by atoms with Gasteiger partial charge in [-0.3, -0.25) is 0 Å². The van der Waals surface area contributed by atoms with Crippen molar-refractivity contribution < 1.29 is 14.3 Å². The summed E-state index contributed by atoms with van der Waals surface area (Å²) in [6.45, 7) is 4.63. The second-order valence-electron chi connectivity index (χ2n) is 4.14. The molecule has 2 N–H and O–H groups in total. The molecule has 0 spiro atoms. The zero-order valence-corrected chi connectivity index (χ0v) is 10.6. The number of nitrogen functional groups attached to an aromatic ring is 1. The van der Waals surface area contributed by atoms with Gasteiger partial charge in [0, 0.05) is 7.11 Å². The van der Waals surface area contributed by atoms with E-state index in [1.807, 2.05) is 0 Å². The highest BCUT2D eigenvalue weighted by Crippen LogP contribution is 2.23. The van der Waals surface area contributed by atoms with Crippen LogP contribution in [0.15, 0.2) is 6.33 Å². The number of hydrogen-bond acceptors (Lipinski definition) is 5. The summed E-state index contributed by atoms with van der Waals surface area (Å²) in [7, 11) is 2.93. The summed E-state index contributed by atoms with van der Waals surface area (Å²) >= 11 is 0. The molecule has 96 valence electrons. The monoisotopic (exact) mass is 241 g/mol. The molecule has 0 fully saturated rings. The van der Waals surface area contributed by atoms with Crippen LogP contribution in [0, 0.1) is 5.92 Å². The molecule has 1 aromatic heterocycles. The van der Waals surface area contributed by atoms with Crippen LogP contribution in [0.25, 0.3) is 0 Å². The Morgan fingerprint density at radius 2 is 2.18 bits per heavy atom. The molecule has 1 rings (SSSR count). The van der Waals surface area contributed by atoms with Gasteiger partial charge in [-0.25, -0.2) is 9.78 Å². The van der Waals surface area contributed by atoms with Crippen molar-refractivity contribution in [3.8, 4) is 0 Å². The number of carbonyl (C=O) groups excluding carboxylic acids is 1. The quantitative estimate of drug-likeness (QED) is 0.781. The number of ether oxygens (including phenoxy) is 2. The summed E-state index contributed by atoms with van der Waals surface area (Å²) in [5, 5.41) is 0. The molecule has 0 aliphatic rings. The van der Waals surface area contributed by atoms with E-state index in [9.17, 15) is 4.79 Å². The van der Waals surface area contributed by atoms with Gasteiger partial charge in [-0.2, -0.15) is 0 Å². The lowest BCUT2D eigenvalue weighted by Gasteiger charge is -2.22. The second kappa shape index (κ2) is 5.67. The maximum atomic E-state index is 11.4.